The lowest BCUT2D eigenvalue weighted by Crippen LogP contribution is -2.27. The molecular weight excluding hydrogens is 442 g/mol. The van der Waals surface area contributed by atoms with E-state index in [1.807, 2.05) is 0 Å². The number of hydrogen-bond donors (Lipinski definition) is 3. The summed E-state index contributed by atoms with van der Waals surface area (Å²) < 4.78 is 54.9. The number of hydrogen-bond acceptors (Lipinski definition) is 6. The van der Waals surface area contributed by atoms with Crippen molar-refractivity contribution in [2.45, 2.75) is 29.3 Å². The summed E-state index contributed by atoms with van der Waals surface area (Å²) in [5.41, 5.74) is 0.958. The third kappa shape index (κ3) is 5.79. The van der Waals surface area contributed by atoms with Gasteiger partial charge in [0.15, 0.2) is 0 Å². The van der Waals surface area contributed by atoms with Crippen LogP contribution in [0.1, 0.15) is 34.6 Å². The van der Waals surface area contributed by atoms with E-state index < -0.39 is 32.0 Å². The van der Waals surface area contributed by atoms with Crippen molar-refractivity contribution in [2.24, 2.45) is 5.14 Å². The topological polar surface area (TPSA) is 149 Å². The first-order chi connectivity index (χ1) is 14.6. The zero-order valence-corrected chi connectivity index (χ0v) is 18.1. The van der Waals surface area contributed by atoms with Crippen molar-refractivity contribution in [1.82, 2.24) is 10.0 Å². The second-order valence-electron chi connectivity index (χ2n) is 6.74. The molecule has 3 rings (SSSR count). The maximum atomic E-state index is 12.5. The summed E-state index contributed by atoms with van der Waals surface area (Å²) in [4.78, 5) is 12.5. The Morgan fingerprint density at radius 2 is 1.58 bits per heavy atom. The van der Waals surface area contributed by atoms with Crippen LogP contribution in [0.3, 0.4) is 0 Å². The van der Waals surface area contributed by atoms with Gasteiger partial charge in [-0.2, -0.15) is 0 Å². The number of nitrogens with one attached hydrogen (secondary N) is 2. The molecule has 4 N–H and O–H groups in total. The predicted molar refractivity (Wildman–Crippen MR) is 113 cm³/mol. The van der Waals surface area contributed by atoms with Crippen molar-refractivity contribution in [2.75, 3.05) is 0 Å². The van der Waals surface area contributed by atoms with E-state index in [1.54, 1.807) is 31.2 Å². The summed E-state index contributed by atoms with van der Waals surface area (Å²) >= 11 is 0. The Balaban J connectivity index is 1.64. The molecule has 164 valence electrons. The summed E-state index contributed by atoms with van der Waals surface area (Å²) in [6, 6.07) is 14.2. The average molecular weight is 464 g/mol. The number of benzene rings is 2. The number of carbonyl (C=O) groups excluding carboxylic acids is 1. The fourth-order valence-corrected chi connectivity index (χ4v) is 4.27. The highest BCUT2D eigenvalue weighted by molar-refractivity contribution is 7.89. The van der Waals surface area contributed by atoms with Gasteiger partial charge in [0.1, 0.15) is 5.76 Å². The fraction of sp³-hybridized carbons (Fsp3) is 0.150. The zero-order chi connectivity index (χ0) is 22.6. The summed E-state index contributed by atoms with van der Waals surface area (Å²) in [5, 5.41) is 7.85. The van der Waals surface area contributed by atoms with E-state index in [-0.39, 0.29) is 21.9 Å². The Hall–Kier alpha value is -2.99. The molecular formula is C20H21N3O6S2. The number of sulfonamides is 2. The van der Waals surface area contributed by atoms with Gasteiger partial charge in [-0.1, -0.05) is 12.1 Å². The Labute approximate surface area is 180 Å². The van der Waals surface area contributed by atoms with Crippen LogP contribution in [0.4, 0.5) is 0 Å². The van der Waals surface area contributed by atoms with Crippen LogP contribution in [0.2, 0.25) is 0 Å². The van der Waals surface area contributed by atoms with Crippen LogP contribution in [0.15, 0.2) is 81.1 Å². The maximum absolute atomic E-state index is 12.5. The van der Waals surface area contributed by atoms with Crippen molar-refractivity contribution >= 4 is 26.0 Å². The van der Waals surface area contributed by atoms with Gasteiger partial charge in [-0.15, -0.1) is 0 Å². The molecule has 0 aliphatic carbocycles. The van der Waals surface area contributed by atoms with Gasteiger partial charge in [0.25, 0.3) is 5.91 Å². The van der Waals surface area contributed by atoms with Gasteiger partial charge in [-0.3, -0.25) is 4.79 Å². The van der Waals surface area contributed by atoms with E-state index in [2.05, 4.69) is 10.0 Å². The molecule has 1 heterocycles. The van der Waals surface area contributed by atoms with Crippen molar-refractivity contribution in [3.8, 4) is 0 Å². The van der Waals surface area contributed by atoms with Crippen LogP contribution in [0.25, 0.3) is 0 Å². The zero-order valence-electron chi connectivity index (χ0n) is 16.5. The monoisotopic (exact) mass is 463 g/mol. The Kier molecular flexibility index (Phi) is 6.60. The number of nitrogens with two attached hydrogens (primary N) is 1. The molecule has 0 saturated heterocycles. The molecule has 0 aliphatic rings. The van der Waals surface area contributed by atoms with Crippen LogP contribution < -0.4 is 15.2 Å². The SMILES string of the molecule is CC(NC(=O)c1ccc(S(=O)(=O)NCc2ccco2)cc1)c1ccc(S(N)(=O)=O)cc1. The first-order valence-corrected chi connectivity index (χ1v) is 12.1. The molecule has 0 bridgehead atoms. The van der Waals surface area contributed by atoms with Gasteiger partial charge in [0.05, 0.1) is 28.6 Å². The first kappa shape index (κ1) is 22.7. The molecule has 11 heteroatoms. The second kappa shape index (κ2) is 9.02. The van der Waals surface area contributed by atoms with Gasteiger partial charge in [0, 0.05) is 5.56 Å². The highest BCUT2D eigenvalue weighted by atomic mass is 32.2. The maximum Gasteiger partial charge on any atom is 0.251 e. The molecule has 3 aromatic rings. The highest BCUT2D eigenvalue weighted by Gasteiger charge is 2.17. The Morgan fingerprint density at radius 3 is 2.13 bits per heavy atom. The largest absolute Gasteiger partial charge is 0.468 e. The lowest BCUT2D eigenvalue weighted by Gasteiger charge is -2.15. The predicted octanol–water partition coefficient (Wildman–Crippen LogP) is 1.90. The smallest absolute Gasteiger partial charge is 0.251 e. The lowest BCUT2D eigenvalue weighted by atomic mass is 10.1. The molecule has 0 radical (unpaired) electrons. The van der Waals surface area contributed by atoms with E-state index in [4.69, 9.17) is 9.56 Å². The van der Waals surface area contributed by atoms with Crippen LogP contribution in [0.5, 0.6) is 0 Å². The van der Waals surface area contributed by atoms with Crippen molar-refractivity contribution < 1.29 is 26.0 Å². The molecule has 1 amide bonds. The second-order valence-corrected chi connectivity index (χ2v) is 10.1. The van der Waals surface area contributed by atoms with Gasteiger partial charge in [0.2, 0.25) is 20.0 Å². The van der Waals surface area contributed by atoms with E-state index in [0.717, 1.165) is 0 Å². The summed E-state index contributed by atoms with van der Waals surface area (Å²) in [5.74, 6) is 0.0705. The van der Waals surface area contributed by atoms with E-state index in [0.29, 0.717) is 11.3 Å². The molecule has 1 unspecified atom stereocenters. The molecule has 1 atom stereocenters. The van der Waals surface area contributed by atoms with E-state index >= 15 is 0 Å². The third-order valence-corrected chi connectivity index (χ3v) is 6.85. The third-order valence-electron chi connectivity index (χ3n) is 4.50. The van der Waals surface area contributed by atoms with E-state index in [9.17, 15) is 21.6 Å². The minimum absolute atomic E-state index is 0.0132. The molecule has 0 fully saturated rings. The molecule has 0 aliphatic heterocycles. The van der Waals surface area contributed by atoms with E-state index in [1.165, 1.54) is 42.7 Å². The quantitative estimate of drug-likeness (QED) is 0.464. The van der Waals surface area contributed by atoms with Gasteiger partial charge >= 0.3 is 0 Å². The standard InChI is InChI=1S/C20H21N3O6S2/c1-14(15-4-8-18(9-5-15)30(21,25)26)23-20(24)16-6-10-19(11-7-16)31(27,28)22-13-17-3-2-12-29-17/h2-12,14,22H,13H2,1H3,(H,23,24)(H2,21,25,26). The Morgan fingerprint density at radius 1 is 0.968 bits per heavy atom. The molecule has 9 nitrogen and oxygen atoms in total. The van der Waals surface area contributed by atoms with Crippen LogP contribution in [-0.4, -0.2) is 22.7 Å². The molecule has 0 saturated carbocycles. The molecule has 1 aromatic heterocycles. The van der Waals surface area contributed by atoms with Gasteiger partial charge in [-0.25, -0.2) is 26.7 Å². The van der Waals surface area contributed by atoms with Crippen LogP contribution in [-0.2, 0) is 26.6 Å². The average Bonchev–Trinajstić information content (AvgIpc) is 3.26. The van der Waals surface area contributed by atoms with Gasteiger partial charge < -0.3 is 9.73 Å². The number of amides is 1. The van der Waals surface area contributed by atoms with Crippen LogP contribution in [0, 0.1) is 0 Å². The minimum atomic E-state index is -3.79. The van der Waals surface area contributed by atoms with Gasteiger partial charge in [-0.05, 0) is 61.0 Å². The molecule has 2 aromatic carbocycles. The fourth-order valence-electron chi connectivity index (χ4n) is 2.76. The van der Waals surface area contributed by atoms with Crippen molar-refractivity contribution in [3.63, 3.8) is 0 Å². The number of rotatable bonds is 8. The number of primary sulfonamides is 1. The summed E-state index contributed by atoms with van der Waals surface area (Å²) in [7, 11) is -7.55. The normalized spacial score (nSPS) is 13.0. The number of furan rings is 1. The van der Waals surface area contributed by atoms with Crippen molar-refractivity contribution in [3.05, 3.63) is 83.8 Å². The molecule has 31 heavy (non-hydrogen) atoms. The summed E-state index contributed by atoms with van der Waals surface area (Å²) in [6.45, 7) is 1.75. The first-order valence-electron chi connectivity index (χ1n) is 9.12. The van der Waals surface area contributed by atoms with Crippen molar-refractivity contribution in [1.29, 1.82) is 0 Å². The minimum Gasteiger partial charge on any atom is -0.468 e. The summed E-state index contributed by atoms with van der Waals surface area (Å²) in [6.07, 6.45) is 1.45. The molecule has 0 spiro atoms. The van der Waals surface area contributed by atoms with Crippen LogP contribution >= 0.6 is 0 Å². The highest BCUT2D eigenvalue weighted by Crippen LogP contribution is 2.17. The lowest BCUT2D eigenvalue weighted by molar-refractivity contribution is 0.0939. The Bertz CT molecular complexity index is 1250. The number of carbonyl (C=O) groups is 1.